The fourth-order valence-electron chi connectivity index (χ4n) is 3.46. The summed E-state index contributed by atoms with van der Waals surface area (Å²) in [6, 6.07) is 17.8. The maximum atomic E-state index is 11.7. The lowest BCUT2D eigenvalue weighted by atomic mass is 9.95. The third-order valence-electron chi connectivity index (χ3n) is 5.37. The maximum Gasteiger partial charge on any atom is 0.286 e. The number of carbonyl (C=O) groups is 2. The first-order valence-corrected chi connectivity index (χ1v) is 11.1. The highest BCUT2D eigenvalue weighted by Gasteiger charge is 2.31. The molecule has 4 rings (SSSR count). The number of ether oxygens (including phenoxy) is 1. The van der Waals surface area contributed by atoms with Crippen LogP contribution in [-0.4, -0.2) is 21.4 Å². The largest absolute Gasteiger partial charge is 0.487 e. The molecule has 1 fully saturated rings. The monoisotopic (exact) mass is 436 g/mol. The summed E-state index contributed by atoms with van der Waals surface area (Å²) >= 11 is 1.09. The Morgan fingerprint density at radius 3 is 2.55 bits per heavy atom. The van der Waals surface area contributed by atoms with Crippen molar-refractivity contribution in [1.82, 2.24) is 10.3 Å². The van der Waals surface area contributed by atoms with E-state index in [2.05, 4.69) is 17.2 Å². The molecule has 0 bridgehead atoms. The van der Waals surface area contributed by atoms with Gasteiger partial charge in [0.1, 0.15) is 23.8 Å². The minimum absolute atomic E-state index is 0.176. The van der Waals surface area contributed by atoms with Gasteiger partial charge in [0.05, 0.1) is 5.25 Å². The Balaban J connectivity index is 1.31. The van der Waals surface area contributed by atoms with E-state index in [-0.39, 0.29) is 22.3 Å². The summed E-state index contributed by atoms with van der Waals surface area (Å²) in [4.78, 5) is 27.5. The molecule has 2 amide bonds. The van der Waals surface area contributed by atoms with Gasteiger partial charge in [0, 0.05) is 5.56 Å². The molecule has 7 heteroatoms. The third-order valence-corrected chi connectivity index (χ3v) is 6.42. The van der Waals surface area contributed by atoms with Crippen LogP contribution in [0.25, 0.3) is 11.5 Å². The van der Waals surface area contributed by atoms with Gasteiger partial charge in [-0.3, -0.25) is 14.9 Å². The van der Waals surface area contributed by atoms with Gasteiger partial charge in [-0.25, -0.2) is 4.98 Å². The minimum Gasteiger partial charge on any atom is -0.487 e. The van der Waals surface area contributed by atoms with Crippen molar-refractivity contribution in [2.24, 2.45) is 0 Å². The van der Waals surface area contributed by atoms with Gasteiger partial charge in [-0.15, -0.1) is 0 Å². The quantitative estimate of drug-likeness (QED) is 0.505. The average molecular weight is 437 g/mol. The molecule has 1 aromatic heterocycles. The molecule has 1 aliphatic heterocycles. The third kappa shape index (κ3) is 5.17. The van der Waals surface area contributed by atoms with E-state index in [4.69, 9.17) is 9.15 Å². The number of nitrogens with one attached hydrogen (secondary N) is 1. The van der Waals surface area contributed by atoms with Crippen molar-refractivity contribution in [3.63, 3.8) is 0 Å². The highest BCUT2D eigenvalue weighted by atomic mass is 32.2. The second kappa shape index (κ2) is 9.39. The second-order valence-electron chi connectivity index (χ2n) is 7.61. The fraction of sp³-hybridized carbons (Fsp3) is 0.292. The SMILES string of the molecule is Cc1oc(-c2ccccc2)nc1COc1ccc(C(C)CCC2SC(=O)NC2=O)cc1. The summed E-state index contributed by atoms with van der Waals surface area (Å²) in [5.41, 5.74) is 2.89. The number of oxazole rings is 1. The number of imide groups is 1. The van der Waals surface area contributed by atoms with Crippen LogP contribution >= 0.6 is 11.8 Å². The van der Waals surface area contributed by atoms with Gasteiger partial charge in [0.25, 0.3) is 5.24 Å². The highest BCUT2D eigenvalue weighted by Crippen LogP contribution is 2.29. The van der Waals surface area contributed by atoms with Gasteiger partial charge in [-0.05, 0) is 55.5 Å². The zero-order valence-corrected chi connectivity index (χ0v) is 18.3. The molecule has 0 saturated carbocycles. The number of hydrogen-bond donors (Lipinski definition) is 1. The number of benzene rings is 2. The summed E-state index contributed by atoms with van der Waals surface area (Å²) in [6.07, 6.45) is 1.51. The van der Waals surface area contributed by atoms with E-state index in [9.17, 15) is 9.59 Å². The van der Waals surface area contributed by atoms with Crippen molar-refractivity contribution in [2.45, 2.75) is 44.5 Å². The normalized spacial score (nSPS) is 16.9. The van der Waals surface area contributed by atoms with Crippen LogP contribution in [0.1, 0.15) is 42.7 Å². The molecule has 0 spiro atoms. The first-order valence-electron chi connectivity index (χ1n) is 10.3. The first kappa shape index (κ1) is 21.2. The molecular weight excluding hydrogens is 412 g/mol. The van der Waals surface area contributed by atoms with Crippen molar-refractivity contribution >= 4 is 22.9 Å². The van der Waals surface area contributed by atoms with Crippen LogP contribution in [-0.2, 0) is 11.4 Å². The molecular formula is C24H24N2O4S. The van der Waals surface area contributed by atoms with Gasteiger partial charge in [0.15, 0.2) is 0 Å². The van der Waals surface area contributed by atoms with Crippen LogP contribution in [0, 0.1) is 6.92 Å². The Morgan fingerprint density at radius 2 is 1.87 bits per heavy atom. The Bertz CT molecular complexity index is 1060. The van der Waals surface area contributed by atoms with E-state index in [1.807, 2.05) is 61.5 Å². The number of rotatable bonds is 8. The summed E-state index contributed by atoms with van der Waals surface area (Å²) < 4.78 is 11.7. The number of hydrogen-bond acceptors (Lipinski definition) is 6. The maximum absolute atomic E-state index is 11.7. The Hall–Kier alpha value is -3.06. The zero-order chi connectivity index (χ0) is 21.8. The van der Waals surface area contributed by atoms with Crippen molar-refractivity contribution in [3.8, 4) is 17.2 Å². The summed E-state index contributed by atoms with van der Waals surface area (Å²) in [5, 5.41) is 1.81. The summed E-state index contributed by atoms with van der Waals surface area (Å²) in [6.45, 7) is 4.34. The van der Waals surface area contributed by atoms with Crippen molar-refractivity contribution in [2.75, 3.05) is 0 Å². The molecule has 6 nitrogen and oxygen atoms in total. The fourth-order valence-corrected chi connectivity index (χ4v) is 4.30. The highest BCUT2D eigenvalue weighted by molar-refractivity contribution is 8.15. The van der Waals surface area contributed by atoms with Gasteiger partial charge < -0.3 is 9.15 Å². The van der Waals surface area contributed by atoms with E-state index in [0.717, 1.165) is 40.9 Å². The number of amides is 2. The topological polar surface area (TPSA) is 81.4 Å². The van der Waals surface area contributed by atoms with E-state index >= 15 is 0 Å². The lowest BCUT2D eigenvalue weighted by Crippen LogP contribution is -2.24. The average Bonchev–Trinajstić information content (AvgIpc) is 3.32. The Morgan fingerprint density at radius 1 is 1.13 bits per heavy atom. The predicted molar refractivity (Wildman–Crippen MR) is 120 cm³/mol. The summed E-state index contributed by atoms with van der Waals surface area (Å²) in [5.74, 6) is 2.21. The summed E-state index contributed by atoms with van der Waals surface area (Å²) in [7, 11) is 0. The lowest BCUT2D eigenvalue weighted by molar-refractivity contribution is -0.119. The molecule has 1 N–H and O–H groups in total. The van der Waals surface area contributed by atoms with Crippen LogP contribution in [0.15, 0.2) is 59.0 Å². The Kier molecular flexibility index (Phi) is 6.42. The lowest BCUT2D eigenvalue weighted by Gasteiger charge is -2.14. The molecule has 0 aliphatic carbocycles. The Labute approximate surface area is 185 Å². The molecule has 31 heavy (non-hydrogen) atoms. The molecule has 3 aromatic rings. The van der Waals surface area contributed by atoms with E-state index in [1.165, 1.54) is 5.56 Å². The zero-order valence-electron chi connectivity index (χ0n) is 17.5. The van der Waals surface area contributed by atoms with Crippen LogP contribution in [0.5, 0.6) is 5.75 Å². The van der Waals surface area contributed by atoms with Crippen LogP contribution < -0.4 is 10.1 Å². The second-order valence-corrected chi connectivity index (χ2v) is 8.78. The van der Waals surface area contributed by atoms with Gasteiger partial charge in [0.2, 0.25) is 11.8 Å². The van der Waals surface area contributed by atoms with Crippen LogP contribution in [0.3, 0.4) is 0 Å². The predicted octanol–water partition coefficient (Wildman–Crippen LogP) is 5.46. The molecule has 1 aliphatic rings. The molecule has 2 atom stereocenters. The van der Waals surface area contributed by atoms with Gasteiger partial charge in [-0.1, -0.05) is 49.0 Å². The van der Waals surface area contributed by atoms with Gasteiger partial charge in [-0.2, -0.15) is 0 Å². The first-order chi connectivity index (χ1) is 15.0. The molecule has 160 valence electrons. The molecule has 2 aromatic carbocycles. The number of carbonyl (C=O) groups excluding carboxylic acids is 2. The number of nitrogens with zero attached hydrogens (tertiary/aromatic N) is 1. The van der Waals surface area contributed by atoms with Crippen molar-refractivity contribution in [1.29, 1.82) is 0 Å². The number of thioether (sulfide) groups is 1. The molecule has 1 saturated heterocycles. The van der Waals surface area contributed by atoms with Crippen LogP contribution in [0.4, 0.5) is 4.79 Å². The standard InChI is InChI=1S/C24H24N2O4S/c1-15(8-13-21-22(27)26-24(28)31-21)17-9-11-19(12-10-17)29-14-20-16(2)30-23(25-20)18-6-4-3-5-7-18/h3-7,9-12,15,21H,8,13-14H2,1-2H3,(H,26,27,28). The minimum atomic E-state index is -0.274. The molecule has 2 heterocycles. The smallest absolute Gasteiger partial charge is 0.286 e. The number of aryl methyl sites for hydroxylation is 1. The molecule has 0 radical (unpaired) electrons. The van der Waals surface area contributed by atoms with E-state index in [1.54, 1.807) is 0 Å². The van der Waals surface area contributed by atoms with Crippen molar-refractivity contribution in [3.05, 3.63) is 71.6 Å². The van der Waals surface area contributed by atoms with Crippen LogP contribution in [0.2, 0.25) is 0 Å². The van der Waals surface area contributed by atoms with E-state index < -0.39 is 0 Å². The number of aromatic nitrogens is 1. The van der Waals surface area contributed by atoms with Gasteiger partial charge >= 0.3 is 0 Å². The van der Waals surface area contributed by atoms with E-state index in [0.29, 0.717) is 18.9 Å². The molecule has 2 unspecified atom stereocenters. The van der Waals surface area contributed by atoms with Crippen molar-refractivity contribution < 1.29 is 18.7 Å².